The molecule has 0 spiro atoms. The summed E-state index contributed by atoms with van der Waals surface area (Å²) >= 11 is 0. The number of amides is 1. The van der Waals surface area contributed by atoms with Crippen molar-refractivity contribution >= 4 is 11.7 Å². The number of rotatable bonds is 13. The van der Waals surface area contributed by atoms with Crippen molar-refractivity contribution in [2.24, 2.45) is 4.99 Å². The first kappa shape index (κ1) is 31.7. The van der Waals surface area contributed by atoms with Crippen molar-refractivity contribution in [3.05, 3.63) is 82.8 Å². The monoisotopic (exact) mass is 508 g/mol. The molecule has 37 heavy (non-hydrogen) atoms. The van der Waals surface area contributed by atoms with Gasteiger partial charge in [0.15, 0.2) is 0 Å². The molecule has 1 amide bonds. The molecule has 1 aromatic carbocycles. The second-order valence-corrected chi connectivity index (χ2v) is 10.5. The van der Waals surface area contributed by atoms with Gasteiger partial charge in [0.25, 0.3) is 0 Å². The number of ether oxygens (including phenoxy) is 1. The average molecular weight is 509 g/mol. The Hall–Kier alpha value is -3.28. The van der Waals surface area contributed by atoms with Gasteiger partial charge < -0.3 is 20.7 Å². The highest BCUT2D eigenvalue weighted by atomic mass is 16.5. The molecule has 6 heteroatoms. The summed E-state index contributed by atoms with van der Waals surface area (Å²) in [7, 11) is 1.62. The van der Waals surface area contributed by atoms with E-state index in [-0.39, 0.29) is 17.5 Å². The fraction of sp³-hybridized carbons (Fsp3) is 0.484. The zero-order valence-corrected chi connectivity index (χ0v) is 24.4. The lowest BCUT2D eigenvalue weighted by molar-refractivity contribution is -0.116. The number of carbonyl (C=O) groups is 1. The fourth-order valence-corrected chi connectivity index (χ4v) is 3.71. The van der Waals surface area contributed by atoms with Crippen molar-refractivity contribution in [2.75, 3.05) is 20.2 Å². The van der Waals surface area contributed by atoms with Crippen LogP contribution in [0.1, 0.15) is 85.5 Å². The maximum Gasteiger partial charge on any atom is 0.245 e. The Morgan fingerprint density at radius 2 is 1.70 bits per heavy atom. The number of hydrogen-bond acceptors (Lipinski definition) is 4. The lowest BCUT2D eigenvalue weighted by Crippen LogP contribution is -2.36. The van der Waals surface area contributed by atoms with Crippen LogP contribution in [0.5, 0.6) is 0 Å². The van der Waals surface area contributed by atoms with Crippen molar-refractivity contribution in [3.63, 3.8) is 0 Å². The standard InChI is InChI=1S/C31H48N4O2/c1-11-14-23(4)29(22(2)3)37-20-13-12-19-33-25(6)35-30(34-24(5)21-28(36)32-10)26-15-17-27(18-16-26)31(7,8)9/h11,14-18,21,30,34H,1,12-13,19-20H2,2-10H3,(H,32,36)(H,33,35)/b23-14-,24-21+. The smallest absolute Gasteiger partial charge is 0.245 e. The lowest BCUT2D eigenvalue weighted by Gasteiger charge is -2.25. The minimum atomic E-state index is -0.221. The molecule has 0 saturated heterocycles. The third-order valence-electron chi connectivity index (χ3n) is 5.76. The van der Waals surface area contributed by atoms with Crippen molar-refractivity contribution in [2.45, 2.75) is 79.8 Å². The quantitative estimate of drug-likeness (QED) is 0.0544. The molecule has 3 N–H and O–H groups in total. The fourth-order valence-electron chi connectivity index (χ4n) is 3.71. The van der Waals surface area contributed by atoms with E-state index in [1.54, 1.807) is 19.2 Å². The van der Waals surface area contributed by atoms with Crippen LogP contribution in [0.2, 0.25) is 0 Å². The van der Waals surface area contributed by atoms with Gasteiger partial charge in [-0.25, -0.2) is 0 Å². The first-order valence-corrected chi connectivity index (χ1v) is 13.0. The lowest BCUT2D eigenvalue weighted by atomic mass is 9.86. The van der Waals surface area contributed by atoms with E-state index in [2.05, 4.69) is 81.4 Å². The van der Waals surface area contributed by atoms with Gasteiger partial charge in [-0.3, -0.25) is 9.79 Å². The maximum atomic E-state index is 11.8. The van der Waals surface area contributed by atoms with Gasteiger partial charge in [0, 0.05) is 25.4 Å². The normalized spacial score (nSPS) is 13.5. The van der Waals surface area contributed by atoms with Gasteiger partial charge in [0.2, 0.25) is 5.91 Å². The van der Waals surface area contributed by atoms with Crippen LogP contribution in [-0.4, -0.2) is 31.9 Å². The molecule has 0 aliphatic rings. The number of allylic oxidation sites excluding steroid dienone is 5. The van der Waals surface area contributed by atoms with Crippen LogP contribution < -0.4 is 16.0 Å². The minimum Gasteiger partial charge on any atom is -0.493 e. The molecule has 0 aliphatic carbocycles. The molecule has 1 unspecified atom stereocenters. The summed E-state index contributed by atoms with van der Waals surface area (Å²) in [5.41, 5.74) is 5.42. The van der Waals surface area contributed by atoms with Gasteiger partial charge in [-0.05, 0) is 75.1 Å². The molecule has 0 fully saturated rings. The van der Waals surface area contributed by atoms with Crippen LogP contribution in [0.15, 0.2) is 76.7 Å². The van der Waals surface area contributed by atoms with Crippen molar-refractivity contribution in [1.82, 2.24) is 16.0 Å². The third-order valence-corrected chi connectivity index (χ3v) is 5.76. The summed E-state index contributed by atoms with van der Waals surface area (Å²) in [6, 6.07) is 8.55. The van der Waals surface area contributed by atoms with Gasteiger partial charge in [0.1, 0.15) is 11.9 Å². The van der Waals surface area contributed by atoms with Crippen molar-refractivity contribution < 1.29 is 9.53 Å². The molecule has 0 bridgehead atoms. The Morgan fingerprint density at radius 3 is 2.24 bits per heavy atom. The molecule has 1 aromatic rings. The molecule has 0 saturated carbocycles. The number of nitrogens with one attached hydrogen (secondary N) is 3. The molecular weight excluding hydrogens is 460 g/mol. The number of nitrogens with zero attached hydrogens (tertiary/aromatic N) is 1. The Balaban J connectivity index is 2.82. The number of benzene rings is 1. The summed E-state index contributed by atoms with van der Waals surface area (Å²) in [6.07, 6.45) is 6.92. The number of unbranched alkanes of at least 4 members (excludes halogenated alkanes) is 1. The molecular formula is C31H48N4O2. The van der Waals surface area contributed by atoms with E-state index in [1.165, 1.54) is 5.56 Å². The Bertz CT molecular complexity index is 1000. The van der Waals surface area contributed by atoms with E-state index < -0.39 is 0 Å². The summed E-state index contributed by atoms with van der Waals surface area (Å²) in [4.78, 5) is 16.5. The van der Waals surface area contributed by atoms with Gasteiger partial charge in [-0.15, -0.1) is 0 Å². The van der Waals surface area contributed by atoms with E-state index in [4.69, 9.17) is 9.73 Å². The van der Waals surface area contributed by atoms with E-state index in [9.17, 15) is 4.79 Å². The average Bonchev–Trinajstić information content (AvgIpc) is 2.82. The summed E-state index contributed by atoms with van der Waals surface area (Å²) in [5.74, 6) is 1.62. The van der Waals surface area contributed by atoms with Gasteiger partial charge in [-0.2, -0.15) is 0 Å². The van der Waals surface area contributed by atoms with Crippen molar-refractivity contribution in [1.29, 1.82) is 0 Å². The van der Waals surface area contributed by atoms with Gasteiger partial charge in [-0.1, -0.05) is 63.8 Å². The zero-order valence-electron chi connectivity index (χ0n) is 24.4. The molecule has 204 valence electrons. The van der Waals surface area contributed by atoms with E-state index in [0.717, 1.165) is 46.8 Å². The van der Waals surface area contributed by atoms with Crippen molar-refractivity contribution in [3.8, 4) is 0 Å². The highest BCUT2D eigenvalue weighted by molar-refractivity contribution is 5.87. The minimum absolute atomic E-state index is 0.0814. The molecule has 1 atom stereocenters. The van der Waals surface area contributed by atoms with Gasteiger partial charge in [0.05, 0.1) is 12.4 Å². The molecule has 0 heterocycles. The van der Waals surface area contributed by atoms with Crippen LogP contribution in [0.3, 0.4) is 0 Å². The van der Waals surface area contributed by atoms with E-state index in [0.29, 0.717) is 13.2 Å². The summed E-state index contributed by atoms with van der Waals surface area (Å²) in [6.45, 7) is 21.7. The Labute approximate surface area is 225 Å². The molecule has 0 aromatic heterocycles. The molecule has 6 nitrogen and oxygen atoms in total. The number of likely N-dealkylation sites (N-methyl/N-ethyl adjacent to an activating group) is 1. The zero-order chi connectivity index (χ0) is 28.0. The first-order chi connectivity index (χ1) is 17.4. The third kappa shape index (κ3) is 12.0. The number of carbonyl (C=O) groups excluding carboxylic acids is 1. The maximum absolute atomic E-state index is 11.8. The van der Waals surface area contributed by atoms with Gasteiger partial charge >= 0.3 is 0 Å². The highest BCUT2D eigenvalue weighted by Crippen LogP contribution is 2.24. The second-order valence-electron chi connectivity index (χ2n) is 10.5. The Kier molecular flexibility index (Phi) is 13.5. The Morgan fingerprint density at radius 1 is 1.05 bits per heavy atom. The van der Waals surface area contributed by atoms with Crippen LogP contribution in [0, 0.1) is 0 Å². The summed E-state index contributed by atoms with van der Waals surface area (Å²) in [5, 5.41) is 9.51. The topological polar surface area (TPSA) is 74.8 Å². The van der Waals surface area contributed by atoms with Crippen LogP contribution in [-0.2, 0) is 14.9 Å². The summed E-state index contributed by atoms with van der Waals surface area (Å²) < 4.78 is 6.02. The predicted molar refractivity (Wildman–Crippen MR) is 157 cm³/mol. The van der Waals surface area contributed by atoms with Crippen LogP contribution >= 0.6 is 0 Å². The first-order valence-electron chi connectivity index (χ1n) is 13.0. The van der Waals surface area contributed by atoms with E-state index in [1.807, 2.05) is 26.8 Å². The predicted octanol–water partition coefficient (Wildman–Crippen LogP) is 6.45. The number of aliphatic imine (C=N–C) groups is 1. The molecule has 0 radical (unpaired) electrons. The SMILES string of the molecule is C=C/C=C(/C)C(OCCCCN=C(C)NC(N/C(C)=C/C(=O)NC)c1ccc(C(C)(C)C)cc1)=C(C)C. The molecule has 0 aliphatic heterocycles. The molecule has 1 rings (SSSR count). The largest absolute Gasteiger partial charge is 0.493 e. The second kappa shape index (κ2) is 15.7. The number of amidine groups is 1. The highest BCUT2D eigenvalue weighted by Gasteiger charge is 2.16. The van der Waals surface area contributed by atoms with Crippen LogP contribution in [0.4, 0.5) is 0 Å². The van der Waals surface area contributed by atoms with E-state index >= 15 is 0 Å². The van der Waals surface area contributed by atoms with Crippen LogP contribution in [0.25, 0.3) is 0 Å². The number of hydrogen-bond donors (Lipinski definition) is 3.